The number of piperidine rings is 1. The number of ether oxygens (including phenoxy) is 1. The number of anilines is 2. The summed E-state index contributed by atoms with van der Waals surface area (Å²) in [5.74, 6) is 0.562. The van der Waals surface area contributed by atoms with E-state index in [4.69, 9.17) is 4.74 Å². The normalized spacial score (nSPS) is 24.7. The summed E-state index contributed by atoms with van der Waals surface area (Å²) in [6, 6.07) is 26.6. The molecule has 3 aromatic rings. The molecule has 0 bridgehead atoms. The number of hydrogen-bond acceptors (Lipinski definition) is 4. The molecule has 4 heteroatoms. The number of nitrogens with one attached hydrogen (secondary N) is 2. The fourth-order valence-electron chi connectivity index (χ4n) is 5.47. The molecule has 2 N–H and O–H groups in total. The van der Waals surface area contributed by atoms with Crippen molar-refractivity contribution in [3.8, 4) is 11.1 Å². The number of nitrogens with zero attached hydrogens (tertiary/aromatic N) is 1. The fourth-order valence-corrected chi connectivity index (χ4v) is 5.47. The minimum absolute atomic E-state index is 0.131. The van der Waals surface area contributed by atoms with Crippen LogP contribution in [0.15, 0.2) is 72.8 Å². The SMILES string of the molecule is c1ccc(-c2cccc(NC3COCc4cccc5c4N3[C@H]3CCNC[C@@H]53)c2)cc1. The number of para-hydroxylation sites is 1. The molecule has 3 heterocycles. The molecule has 3 aliphatic rings. The Hall–Kier alpha value is -2.82. The number of rotatable bonds is 3. The Morgan fingerprint density at radius 2 is 1.80 bits per heavy atom. The van der Waals surface area contributed by atoms with Crippen LogP contribution in [0.2, 0.25) is 0 Å². The van der Waals surface area contributed by atoms with Gasteiger partial charge < -0.3 is 20.3 Å². The Morgan fingerprint density at radius 1 is 0.933 bits per heavy atom. The maximum absolute atomic E-state index is 6.14. The van der Waals surface area contributed by atoms with Gasteiger partial charge in [0, 0.05) is 35.4 Å². The van der Waals surface area contributed by atoms with Crippen molar-refractivity contribution in [2.24, 2.45) is 0 Å². The van der Waals surface area contributed by atoms with Gasteiger partial charge in [-0.15, -0.1) is 0 Å². The third-order valence-electron chi connectivity index (χ3n) is 6.78. The van der Waals surface area contributed by atoms with Crippen LogP contribution in [0, 0.1) is 0 Å². The molecule has 3 aliphatic heterocycles. The van der Waals surface area contributed by atoms with Gasteiger partial charge in [0.2, 0.25) is 0 Å². The number of hydrogen-bond donors (Lipinski definition) is 2. The van der Waals surface area contributed by atoms with Crippen LogP contribution in [-0.4, -0.2) is 31.9 Å². The second-order valence-corrected chi connectivity index (χ2v) is 8.55. The Labute approximate surface area is 177 Å². The quantitative estimate of drug-likeness (QED) is 0.678. The van der Waals surface area contributed by atoms with E-state index in [0.29, 0.717) is 25.2 Å². The fraction of sp³-hybridized carbons (Fsp3) is 0.308. The van der Waals surface area contributed by atoms with Crippen LogP contribution in [-0.2, 0) is 11.3 Å². The van der Waals surface area contributed by atoms with Crippen LogP contribution in [0.5, 0.6) is 0 Å². The van der Waals surface area contributed by atoms with Gasteiger partial charge in [0.15, 0.2) is 0 Å². The van der Waals surface area contributed by atoms with E-state index in [1.165, 1.54) is 34.4 Å². The topological polar surface area (TPSA) is 36.5 Å². The molecule has 0 radical (unpaired) electrons. The smallest absolute Gasteiger partial charge is 0.123 e. The second kappa shape index (κ2) is 7.46. The Balaban J connectivity index is 1.36. The second-order valence-electron chi connectivity index (χ2n) is 8.55. The molecule has 0 aliphatic carbocycles. The van der Waals surface area contributed by atoms with E-state index in [9.17, 15) is 0 Å². The van der Waals surface area contributed by atoms with E-state index in [1.54, 1.807) is 0 Å². The van der Waals surface area contributed by atoms with E-state index < -0.39 is 0 Å². The molecular weight excluding hydrogens is 370 g/mol. The zero-order valence-corrected chi connectivity index (χ0v) is 17.1. The zero-order chi connectivity index (χ0) is 19.9. The van der Waals surface area contributed by atoms with E-state index in [-0.39, 0.29) is 6.17 Å². The van der Waals surface area contributed by atoms with E-state index in [0.717, 1.165) is 18.8 Å². The highest BCUT2D eigenvalue weighted by Gasteiger charge is 2.44. The van der Waals surface area contributed by atoms with E-state index in [1.807, 2.05) is 0 Å². The average molecular weight is 398 g/mol. The number of benzene rings is 3. The van der Waals surface area contributed by atoms with Crippen molar-refractivity contribution in [2.45, 2.75) is 31.2 Å². The van der Waals surface area contributed by atoms with Crippen molar-refractivity contribution in [3.63, 3.8) is 0 Å². The molecule has 1 unspecified atom stereocenters. The minimum Gasteiger partial charge on any atom is -0.373 e. The van der Waals surface area contributed by atoms with Gasteiger partial charge in [-0.1, -0.05) is 60.7 Å². The van der Waals surface area contributed by atoms with Gasteiger partial charge in [0.05, 0.1) is 13.2 Å². The first-order chi connectivity index (χ1) is 14.9. The predicted octanol–water partition coefficient (Wildman–Crippen LogP) is 4.59. The lowest BCUT2D eigenvalue weighted by atomic mass is 9.89. The molecule has 0 amide bonds. The molecular formula is C26H27N3O. The third-order valence-corrected chi connectivity index (χ3v) is 6.78. The van der Waals surface area contributed by atoms with Gasteiger partial charge >= 0.3 is 0 Å². The first kappa shape index (κ1) is 18.0. The summed E-state index contributed by atoms with van der Waals surface area (Å²) in [7, 11) is 0. The molecule has 6 rings (SSSR count). The van der Waals surface area contributed by atoms with Gasteiger partial charge in [0.1, 0.15) is 6.17 Å². The van der Waals surface area contributed by atoms with Crippen molar-refractivity contribution >= 4 is 11.4 Å². The summed E-state index contributed by atoms with van der Waals surface area (Å²) in [5, 5.41) is 7.43. The highest BCUT2D eigenvalue weighted by Crippen LogP contribution is 2.47. The molecule has 152 valence electrons. The van der Waals surface area contributed by atoms with Gasteiger partial charge in [-0.2, -0.15) is 0 Å². The molecule has 3 atom stereocenters. The first-order valence-corrected chi connectivity index (χ1v) is 11.0. The largest absolute Gasteiger partial charge is 0.373 e. The zero-order valence-electron chi connectivity index (χ0n) is 17.1. The summed E-state index contributed by atoms with van der Waals surface area (Å²) < 4.78 is 6.14. The maximum atomic E-state index is 6.14. The molecule has 0 spiro atoms. The van der Waals surface area contributed by atoms with Crippen molar-refractivity contribution in [3.05, 3.63) is 83.9 Å². The molecule has 3 aromatic carbocycles. The van der Waals surface area contributed by atoms with Crippen LogP contribution < -0.4 is 15.5 Å². The van der Waals surface area contributed by atoms with Gasteiger partial charge in [-0.3, -0.25) is 0 Å². The monoisotopic (exact) mass is 397 g/mol. The molecule has 1 fully saturated rings. The van der Waals surface area contributed by atoms with Crippen molar-refractivity contribution in [1.82, 2.24) is 5.32 Å². The lowest BCUT2D eigenvalue weighted by molar-refractivity contribution is 0.115. The molecule has 0 aromatic heterocycles. The number of fused-ring (bicyclic) bond motifs is 3. The lowest BCUT2D eigenvalue weighted by Gasteiger charge is -2.39. The Morgan fingerprint density at radius 3 is 2.73 bits per heavy atom. The average Bonchev–Trinajstić information content (AvgIpc) is 3.03. The molecule has 30 heavy (non-hydrogen) atoms. The molecule has 1 saturated heterocycles. The van der Waals surface area contributed by atoms with Crippen LogP contribution in [0.3, 0.4) is 0 Å². The standard InChI is InChI=1S/C26H27N3O/c1-2-6-18(7-3-1)19-8-4-10-21(14-19)28-25-17-30-16-20-9-5-11-22-23-15-27-13-12-24(23)29(25)26(20)22/h1-11,14,23-25,27-28H,12-13,15-17H2/t23-,24-,25?/m0/s1. The lowest BCUT2D eigenvalue weighted by Crippen LogP contribution is -2.52. The van der Waals surface area contributed by atoms with Gasteiger partial charge in [-0.25, -0.2) is 0 Å². The first-order valence-electron chi connectivity index (χ1n) is 11.0. The highest BCUT2D eigenvalue weighted by molar-refractivity contribution is 5.71. The predicted molar refractivity (Wildman–Crippen MR) is 122 cm³/mol. The summed E-state index contributed by atoms with van der Waals surface area (Å²) in [6.07, 6.45) is 1.30. The minimum atomic E-state index is 0.131. The van der Waals surface area contributed by atoms with Crippen LogP contribution in [0.4, 0.5) is 11.4 Å². The van der Waals surface area contributed by atoms with Crippen molar-refractivity contribution in [1.29, 1.82) is 0 Å². The van der Waals surface area contributed by atoms with Crippen molar-refractivity contribution in [2.75, 3.05) is 29.9 Å². The van der Waals surface area contributed by atoms with E-state index >= 15 is 0 Å². The maximum Gasteiger partial charge on any atom is 0.123 e. The third kappa shape index (κ3) is 2.99. The Kier molecular flexibility index (Phi) is 4.47. The molecule has 0 saturated carbocycles. The van der Waals surface area contributed by atoms with Crippen LogP contribution in [0.1, 0.15) is 23.5 Å². The summed E-state index contributed by atoms with van der Waals surface area (Å²) in [4.78, 5) is 2.64. The van der Waals surface area contributed by atoms with Gasteiger partial charge in [-0.05, 0) is 41.8 Å². The summed E-state index contributed by atoms with van der Waals surface area (Å²) in [5.41, 5.74) is 7.83. The van der Waals surface area contributed by atoms with E-state index in [2.05, 4.69) is 88.3 Å². The summed E-state index contributed by atoms with van der Waals surface area (Å²) in [6.45, 7) is 3.52. The Bertz CT molecular complexity index is 1050. The van der Waals surface area contributed by atoms with Gasteiger partial charge in [0.25, 0.3) is 0 Å². The van der Waals surface area contributed by atoms with Crippen LogP contribution in [0.25, 0.3) is 11.1 Å². The van der Waals surface area contributed by atoms with Crippen LogP contribution >= 0.6 is 0 Å². The summed E-state index contributed by atoms with van der Waals surface area (Å²) >= 11 is 0. The highest BCUT2D eigenvalue weighted by atomic mass is 16.5. The molecule has 4 nitrogen and oxygen atoms in total. The van der Waals surface area contributed by atoms with Crippen molar-refractivity contribution < 1.29 is 4.74 Å².